The highest BCUT2D eigenvalue weighted by atomic mass is 16.5. The van der Waals surface area contributed by atoms with Gasteiger partial charge in [-0.25, -0.2) is 0 Å². The van der Waals surface area contributed by atoms with Gasteiger partial charge in [-0.15, -0.1) is 0 Å². The van der Waals surface area contributed by atoms with Crippen LogP contribution in [0, 0.1) is 13.8 Å². The van der Waals surface area contributed by atoms with E-state index in [1.165, 1.54) is 4.90 Å². The maximum Gasteiger partial charge on any atom is 0.301 e. The molecular formula is C24H22N2O5. The molecule has 7 heteroatoms. The van der Waals surface area contributed by atoms with Crippen molar-refractivity contribution < 1.29 is 24.0 Å². The Labute approximate surface area is 179 Å². The molecule has 158 valence electrons. The Hall–Kier alpha value is -3.87. The zero-order chi connectivity index (χ0) is 22.1. The Balaban J connectivity index is 1.87. The van der Waals surface area contributed by atoms with Gasteiger partial charge in [0, 0.05) is 11.6 Å². The molecule has 1 fully saturated rings. The molecule has 7 nitrogen and oxygen atoms in total. The largest absolute Gasteiger partial charge is 0.507 e. The van der Waals surface area contributed by atoms with Crippen LogP contribution in [0.15, 0.2) is 64.7 Å². The van der Waals surface area contributed by atoms with E-state index in [1.807, 2.05) is 38.1 Å². The molecule has 0 bridgehead atoms. The number of aryl methyl sites for hydroxylation is 2. The van der Waals surface area contributed by atoms with Gasteiger partial charge in [0.1, 0.15) is 17.3 Å². The number of benzene rings is 2. The molecule has 4 rings (SSSR count). The molecule has 1 amide bonds. The van der Waals surface area contributed by atoms with Crippen molar-refractivity contribution >= 4 is 23.3 Å². The highest BCUT2D eigenvalue weighted by molar-refractivity contribution is 6.51. The van der Waals surface area contributed by atoms with Crippen LogP contribution in [-0.4, -0.2) is 28.6 Å². The summed E-state index contributed by atoms with van der Waals surface area (Å²) in [6.07, 6.45) is 0. The van der Waals surface area contributed by atoms with Crippen molar-refractivity contribution in [2.24, 2.45) is 0 Å². The van der Waals surface area contributed by atoms with Crippen LogP contribution in [0.4, 0.5) is 5.82 Å². The number of hydrogen-bond donors (Lipinski definition) is 1. The number of anilines is 1. The smallest absolute Gasteiger partial charge is 0.301 e. The van der Waals surface area contributed by atoms with Crippen LogP contribution in [0.3, 0.4) is 0 Å². The lowest BCUT2D eigenvalue weighted by Crippen LogP contribution is -2.29. The monoisotopic (exact) mass is 418 g/mol. The van der Waals surface area contributed by atoms with Crippen molar-refractivity contribution in [3.05, 3.63) is 82.6 Å². The number of hydrogen-bond acceptors (Lipinski definition) is 6. The molecule has 0 radical (unpaired) electrons. The zero-order valence-corrected chi connectivity index (χ0v) is 17.5. The first-order chi connectivity index (χ1) is 14.9. The van der Waals surface area contributed by atoms with Crippen LogP contribution in [0.2, 0.25) is 0 Å². The maximum atomic E-state index is 13.0. The summed E-state index contributed by atoms with van der Waals surface area (Å²) in [5.41, 5.74) is 2.12. The number of ether oxygens (including phenoxy) is 1. The molecule has 2 aromatic carbocycles. The first-order valence-electron chi connectivity index (χ1n) is 9.94. The number of Topliss-reactive ketones (excluding diaryl/α,β-unsaturated/α-hetero) is 1. The van der Waals surface area contributed by atoms with E-state index in [0.29, 0.717) is 29.2 Å². The van der Waals surface area contributed by atoms with Gasteiger partial charge < -0.3 is 14.4 Å². The fourth-order valence-corrected chi connectivity index (χ4v) is 3.63. The lowest BCUT2D eigenvalue weighted by atomic mass is 9.94. The summed E-state index contributed by atoms with van der Waals surface area (Å²) in [5.74, 6) is -0.437. The van der Waals surface area contributed by atoms with Crippen molar-refractivity contribution in [2.75, 3.05) is 11.5 Å². The van der Waals surface area contributed by atoms with Crippen molar-refractivity contribution in [3.8, 4) is 5.75 Å². The van der Waals surface area contributed by atoms with E-state index in [4.69, 9.17) is 9.26 Å². The number of amides is 1. The lowest BCUT2D eigenvalue weighted by Gasteiger charge is -2.23. The molecule has 2 heterocycles. The minimum Gasteiger partial charge on any atom is -0.507 e. The summed E-state index contributed by atoms with van der Waals surface area (Å²) < 4.78 is 10.6. The fourth-order valence-electron chi connectivity index (χ4n) is 3.63. The predicted octanol–water partition coefficient (Wildman–Crippen LogP) is 4.32. The molecule has 0 unspecified atom stereocenters. The normalized spacial score (nSPS) is 17.9. The third-order valence-corrected chi connectivity index (χ3v) is 5.14. The topological polar surface area (TPSA) is 92.9 Å². The number of carbonyl (C=O) groups is 2. The van der Waals surface area contributed by atoms with Gasteiger partial charge in [0.2, 0.25) is 0 Å². The van der Waals surface area contributed by atoms with Gasteiger partial charge in [-0.05, 0) is 50.6 Å². The number of aliphatic hydroxyl groups excluding tert-OH is 1. The second-order valence-corrected chi connectivity index (χ2v) is 7.33. The summed E-state index contributed by atoms with van der Waals surface area (Å²) in [6, 6.07) is 14.9. The number of carbonyl (C=O) groups excluding carboxylic acids is 2. The molecule has 1 N–H and O–H groups in total. The Morgan fingerprint density at radius 1 is 1.10 bits per heavy atom. The number of ketones is 1. The number of aromatic nitrogens is 1. The van der Waals surface area contributed by atoms with Gasteiger partial charge in [0.15, 0.2) is 5.82 Å². The Morgan fingerprint density at radius 2 is 1.77 bits per heavy atom. The first-order valence-corrected chi connectivity index (χ1v) is 9.94. The molecule has 31 heavy (non-hydrogen) atoms. The third kappa shape index (κ3) is 3.70. The van der Waals surface area contributed by atoms with Crippen LogP contribution < -0.4 is 9.64 Å². The Morgan fingerprint density at radius 3 is 2.35 bits per heavy atom. The minimum atomic E-state index is -0.836. The van der Waals surface area contributed by atoms with Crippen molar-refractivity contribution in [1.29, 1.82) is 0 Å². The zero-order valence-electron chi connectivity index (χ0n) is 17.5. The average molecular weight is 418 g/mol. The van der Waals surface area contributed by atoms with Gasteiger partial charge in [0.25, 0.3) is 5.78 Å². The van der Waals surface area contributed by atoms with E-state index >= 15 is 0 Å². The Bertz CT molecular complexity index is 1160. The van der Waals surface area contributed by atoms with Gasteiger partial charge >= 0.3 is 5.91 Å². The summed E-state index contributed by atoms with van der Waals surface area (Å²) >= 11 is 0. The highest BCUT2D eigenvalue weighted by Crippen LogP contribution is 2.42. The molecule has 3 aromatic rings. The van der Waals surface area contributed by atoms with Crippen LogP contribution in [-0.2, 0) is 9.59 Å². The summed E-state index contributed by atoms with van der Waals surface area (Å²) in [5, 5.41) is 15.0. The van der Waals surface area contributed by atoms with E-state index in [2.05, 4.69) is 5.16 Å². The molecule has 0 aliphatic carbocycles. The molecule has 0 saturated carbocycles. The molecule has 1 saturated heterocycles. The van der Waals surface area contributed by atoms with Gasteiger partial charge in [0.05, 0.1) is 18.2 Å². The molecular weight excluding hydrogens is 396 g/mol. The van der Waals surface area contributed by atoms with Crippen molar-refractivity contribution in [1.82, 2.24) is 5.16 Å². The number of aliphatic hydroxyl groups is 1. The van der Waals surface area contributed by atoms with E-state index < -0.39 is 17.7 Å². The number of nitrogens with zero attached hydrogens (tertiary/aromatic N) is 2. The molecule has 1 aliphatic rings. The van der Waals surface area contributed by atoms with E-state index in [0.717, 1.165) is 5.56 Å². The highest BCUT2D eigenvalue weighted by Gasteiger charge is 2.48. The first kappa shape index (κ1) is 20.4. The summed E-state index contributed by atoms with van der Waals surface area (Å²) in [7, 11) is 0. The standard InChI is InChI=1S/C24H22N2O5/c1-4-30-18-11-9-17(10-12-18)22(27)20-21(16-7-5-14(2)6-8-16)26(24(29)23(20)28)19-13-15(3)31-25-19/h5-13,21,27H,4H2,1-3H3/t21-/m0/s1. The minimum absolute atomic E-state index is 0.00124. The summed E-state index contributed by atoms with van der Waals surface area (Å²) in [6.45, 7) is 6.04. The average Bonchev–Trinajstić information content (AvgIpc) is 3.30. The van der Waals surface area contributed by atoms with E-state index in [9.17, 15) is 14.7 Å². The lowest BCUT2D eigenvalue weighted by molar-refractivity contribution is -0.132. The SMILES string of the molecule is CCOc1ccc(C(O)=C2C(=O)C(=O)N(c3cc(C)on3)[C@H]2c2ccc(C)cc2)cc1. The van der Waals surface area contributed by atoms with Crippen LogP contribution in [0.1, 0.15) is 35.4 Å². The van der Waals surface area contributed by atoms with Crippen molar-refractivity contribution in [3.63, 3.8) is 0 Å². The van der Waals surface area contributed by atoms with Gasteiger partial charge in [-0.1, -0.05) is 35.0 Å². The fraction of sp³-hybridized carbons (Fsp3) is 0.208. The van der Waals surface area contributed by atoms with Crippen LogP contribution in [0.25, 0.3) is 5.76 Å². The van der Waals surface area contributed by atoms with Gasteiger partial charge in [-0.2, -0.15) is 0 Å². The van der Waals surface area contributed by atoms with E-state index in [-0.39, 0.29) is 17.2 Å². The van der Waals surface area contributed by atoms with Crippen molar-refractivity contribution in [2.45, 2.75) is 26.8 Å². The van der Waals surface area contributed by atoms with Crippen LogP contribution >= 0.6 is 0 Å². The predicted molar refractivity (Wildman–Crippen MR) is 115 cm³/mol. The number of rotatable bonds is 5. The molecule has 1 aromatic heterocycles. The molecule has 1 atom stereocenters. The molecule has 0 spiro atoms. The Kier molecular flexibility index (Phi) is 5.33. The van der Waals surface area contributed by atoms with E-state index in [1.54, 1.807) is 37.3 Å². The quantitative estimate of drug-likeness (QED) is 0.377. The second kappa shape index (κ2) is 8.10. The van der Waals surface area contributed by atoms with Crippen LogP contribution in [0.5, 0.6) is 5.75 Å². The van der Waals surface area contributed by atoms with Gasteiger partial charge in [-0.3, -0.25) is 14.5 Å². The maximum absolute atomic E-state index is 13.0. The third-order valence-electron chi connectivity index (χ3n) is 5.14. The molecule has 1 aliphatic heterocycles. The summed E-state index contributed by atoms with van der Waals surface area (Å²) in [4.78, 5) is 27.3. The second-order valence-electron chi connectivity index (χ2n) is 7.33.